The van der Waals surface area contributed by atoms with Crippen LogP contribution in [0, 0.1) is 11.3 Å². The van der Waals surface area contributed by atoms with Crippen molar-refractivity contribution in [2.75, 3.05) is 49.6 Å². The molecule has 0 bridgehead atoms. The fourth-order valence-corrected chi connectivity index (χ4v) is 5.19. The molecule has 7 nitrogen and oxygen atoms in total. The Kier molecular flexibility index (Phi) is 7.49. The Morgan fingerprint density at radius 2 is 1.78 bits per heavy atom. The van der Waals surface area contributed by atoms with Crippen molar-refractivity contribution < 1.29 is 9.53 Å². The number of aromatic nitrogens is 1. The molecule has 1 amide bonds. The van der Waals surface area contributed by atoms with Crippen LogP contribution in [0.1, 0.15) is 28.8 Å². The largest absolute Gasteiger partial charge is 0.381 e. The van der Waals surface area contributed by atoms with E-state index in [1.54, 1.807) is 41.2 Å². The summed E-state index contributed by atoms with van der Waals surface area (Å²) < 4.78 is 7.30. The molecule has 5 rings (SSSR count). The first kappa shape index (κ1) is 24.7. The van der Waals surface area contributed by atoms with E-state index >= 15 is 0 Å². The molecule has 0 saturated carbocycles. The number of rotatable bonds is 5. The average molecular weight is 524 g/mol. The highest BCUT2D eigenvalue weighted by Crippen LogP contribution is 2.27. The molecule has 3 heterocycles. The van der Waals surface area contributed by atoms with Gasteiger partial charge in [0.2, 0.25) is 0 Å². The van der Waals surface area contributed by atoms with Crippen molar-refractivity contribution >= 4 is 40.5 Å². The number of nitrogens with zero attached hydrogens (tertiary/aromatic N) is 4. The van der Waals surface area contributed by atoms with Crippen LogP contribution in [0.2, 0.25) is 10.0 Å². The van der Waals surface area contributed by atoms with E-state index in [0.717, 1.165) is 63.6 Å². The Morgan fingerprint density at radius 1 is 1.00 bits per heavy atom. The van der Waals surface area contributed by atoms with Gasteiger partial charge in [-0.1, -0.05) is 23.2 Å². The van der Waals surface area contributed by atoms with Gasteiger partial charge in [0.1, 0.15) is 6.07 Å². The van der Waals surface area contributed by atoms with E-state index in [1.807, 2.05) is 18.2 Å². The Hall–Kier alpha value is -3.02. The Morgan fingerprint density at radius 3 is 2.50 bits per heavy atom. The average Bonchev–Trinajstić information content (AvgIpc) is 3.41. The summed E-state index contributed by atoms with van der Waals surface area (Å²) in [5.74, 6) is -0.254. The van der Waals surface area contributed by atoms with Crippen molar-refractivity contribution in [2.45, 2.75) is 18.9 Å². The fourth-order valence-electron chi connectivity index (χ4n) is 4.90. The number of nitrogens with one attached hydrogen (secondary N) is 1. The molecule has 9 heteroatoms. The van der Waals surface area contributed by atoms with Gasteiger partial charge >= 0.3 is 0 Å². The van der Waals surface area contributed by atoms with Crippen LogP contribution >= 0.6 is 23.2 Å². The molecule has 186 valence electrons. The highest BCUT2D eigenvalue weighted by molar-refractivity contribution is 6.42. The van der Waals surface area contributed by atoms with Crippen LogP contribution in [-0.4, -0.2) is 60.8 Å². The first-order chi connectivity index (χ1) is 17.5. The fraction of sp³-hybridized carbons (Fsp3) is 0.333. The number of amides is 1. The summed E-state index contributed by atoms with van der Waals surface area (Å²) >= 11 is 12.1. The number of carbonyl (C=O) groups excluding carboxylic acids is 1. The number of halogens is 2. The van der Waals surface area contributed by atoms with E-state index in [-0.39, 0.29) is 5.91 Å². The molecule has 2 aliphatic rings. The van der Waals surface area contributed by atoms with E-state index < -0.39 is 0 Å². The summed E-state index contributed by atoms with van der Waals surface area (Å²) in [4.78, 5) is 17.7. The predicted octanol–water partition coefficient (Wildman–Crippen LogP) is 5.21. The minimum atomic E-state index is -0.254. The molecule has 2 saturated heterocycles. The summed E-state index contributed by atoms with van der Waals surface area (Å²) in [6.45, 7) is 5.39. The van der Waals surface area contributed by atoms with E-state index in [9.17, 15) is 10.1 Å². The van der Waals surface area contributed by atoms with Crippen LogP contribution < -0.4 is 10.2 Å². The maximum Gasteiger partial charge on any atom is 0.257 e. The van der Waals surface area contributed by atoms with Crippen LogP contribution in [0.5, 0.6) is 0 Å². The number of ether oxygens (including phenoxy) is 1. The van der Waals surface area contributed by atoms with Crippen LogP contribution in [0.4, 0.5) is 11.4 Å². The molecule has 0 unspecified atom stereocenters. The summed E-state index contributed by atoms with van der Waals surface area (Å²) in [6, 6.07) is 15.5. The van der Waals surface area contributed by atoms with Gasteiger partial charge in [-0.05, 0) is 55.3 Å². The minimum Gasteiger partial charge on any atom is -0.381 e. The second kappa shape index (κ2) is 10.9. The van der Waals surface area contributed by atoms with Gasteiger partial charge in [0, 0.05) is 69.2 Å². The molecule has 1 aromatic heterocycles. The van der Waals surface area contributed by atoms with Gasteiger partial charge in [-0.3, -0.25) is 9.69 Å². The van der Waals surface area contributed by atoms with Gasteiger partial charge in [-0.2, -0.15) is 5.26 Å². The van der Waals surface area contributed by atoms with Crippen molar-refractivity contribution in [3.8, 4) is 11.8 Å². The van der Waals surface area contributed by atoms with Crippen LogP contribution in [-0.2, 0) is 4.74 Å². The van der Waals surface area contributed by atoms with E-state index in [1.165, 1.54) is 0 Å². The quantitative estimate of drug-likeness (QED) is 0.496. The molecule has 3 aromatic rings. The zero-order valence-corrected chi connectivity index (χ0v) is 21.3. The van der Waals surface area contributed by atoms with Gasteiger partial charge in [0.25, 0.3) is 5.91 Å². The van der Waals surface area contributed by atoms with Crippen molar-refractivity contribution in [1.82, 2.24) is 9.47 Å². The number of hydrogen-bond donors (Lipinski definition) is 1. The standard InChI is InChI=1S/C27H27Cl2N5O2/c28-24-3-2-23(16-25(24)29)34-8-5-19(18-34)27(35)31-21-1-4-26(20(15-21)17-30)33-11-9-32(10-12-33)22-6-13-36-14-7-22/h1-5,8,15-16,18,22H,6-7,9-14H2,(H,31,35). The molecule has 1 N–H and O–H groups in total. The summed E-state index contributed by atoms with van der Waals surface area (Å²) in [5.41, 5.74) is 3.35. The van der Waals surface area contributed by atoms with Crippen molar-refractivity contribution in [3.05, 3.63) is 76.0 Å². The molecule has 0 spiro atoms. The van der Waals surface area contributed by atoms with E-state index in [4.69, 9.17) is 27.9 Å². The number of hydrogen-bond acceptors (Lipinski definition) is 5. The van der Waals surface area contributed by atoms with Crippen molar-refractivity contribution in [3.63, 3.8) is 0 Å². The topological polar surface area (TPSA) is 73.5 Å². The zero-order valence-electron chi connectivity index (χ0n) is 19.8. The molecule has 0 aliphatic carbocycles. The van der Waals surface area contributed by atoms with Gasteiger partial charge < -0.3 is 19.5 Å². The monoisotopic (exact) mass is 523 g/mol. The number of anilines is 2. The molecule has 0 radical (unpaired) electrons. The lowest BCUT2D eigenvalue weighted by molar-refractivity contribution is 0.0321. The summed E-state index contributed by atoms with van der Waals surface area (Å²) in [6.07, 6.45) is 5.70. The van der Waals surface area contributed by atoms with Gasteiger partial charge in [-0.15, -0.1) is 0 Å². The van der Waals surface area contributed by atoms with Crippen LogP contribution in [0.25, 0.3) is 5.69 Å². The SMILES string of the molecule is N#Cc1cc(NC(=O)c2ccn(-c3ccc(Cl)c(Cl)c3)c2)ccc1N1CCN(C2CCOCC2)CC1. The van der Waals surface area contributed by atoms with Crippen LogP contribution in [0.15, 0.2) is 54.9 Å². The smallest absolute Gasteiger partial charge is 0.257 e. The Labute approximate surface area is 220 Å². The van der Waals surface area contributed by atoms with Crippen molar-refractivity contribution in [2.24, 2.45) is 0 Å². The maximum atomic E-state index is 12.9. The number of piperazine rings is 1. The lowest BCUT2D eigenvalue weighted by atomic mass is 10.1. The van der Waals surface area contributed by atoms with E-state index in [2.05, 4.69) is 21.2 Å². The van der Waals surface area contributed by atoms with Gasteiger partial charge in [-0.25, -0.2) is 0 Å². The molecule has 0 atom stereocenters. The second-order valence-corrected chi connectivity index (χ2v) is 9.88. The third-order valence-corrected chi connectivity index (χ3v) is 7.63. The summed E-state index contributed by atoms with van der Waals surface area (Å²) in [7, 11) is 0. The summed E-state index contributed by atoms with van der Waals surface area (Å²) in [5, 5.41) is 13.6. The first-order valence-electron chi connectivity index (χ1n) is 12.1. The van der Waals surface area contributed by atoms with Gasteiger partial charge in [0.05, 0.1) is 26.9 Å². The molecular formula is C27H27Cl2N5O2. The van der Waals surface area contributed by atoms with E-state index in [0.29, 0.717) is 32.9 Å². The Bertz CT molecular complexity index is 1290. The third kappa shape index (κ3) is 5.37. The first-order valence-corrected chi connectivity index (χ1v) is 12.8. The normalized spacial score (nSPS) is 17.1. The predicted molar refractivity (Wildman–Crippen MR) is 143 cm³/mol. The maximum absolute atomic E-state index is 12.9. The van der Waals surface area contributed by atoms with Crippen LogP contribution in [0.3, 0.4) is 0 Å². The molecule has 2 aliphatic heterocycles. The highest BCUT2D eigenvalue weighted by Gasteiger charge is 2.26. The second-order valence-electron chi connectivity index (χ2n) is 9.07. The minimum absolute atomic E-state index is 0.254. The molecule has 2 fully saturated rings. The highest BCUT2D eigenvalue weighted by atomic mass is 35.5. The molecule has 36 heavy (non-hydrogen) atoms. The number of carbonyl (C=O) groups is 1. The number of nitriles is 1. The molecule has 2 aromatic carbocycles. The lowest BCUT2D eigenvalue weighted by Gasteiger charge is -2.41. The molecular weight excluding hydrogens is 497 g/mol. The van der Waals surface area contributed by atoms with Crippen molar-refractivity contribution in [1.29, 1.82) is 5.26 Å². The third-order valence-electron chi connectivity index (χ3n) is 6.89. The number of benzene rings is 2. The van der Waals surface area contributed by atoms with Gasteiger partial charge in [0.15, 0.2) is 0 Å². The zero-order chi connectivity index (χ0) is 25.1. The lowest BCUT2D eigenvalue weighted by Crippen LogP contribution is -2.51. The Balaban J connectivity index is 1.24.